The second-order valence-electron chi connectivity index (χ2n) is 6.78. The number of piperidine rings is 3. The van der Waals surface area contributed by atoms with E-state index in [1.54, 1.807) is 18.6 Å². The summed E-state index contributed by atoms with van der Waals surface area (Å²) >= 11 is 0. The average molecular weight is 335 g/mol. The van der Waals surface area contributed by atoms with Crippen LogP contribution in [0.4, 0.5) is 0 Å². The Morgan fingerprint density at radius 1 is 1.12 bits per heavy atom. The van der Waals surface area contributed by atoms with E-state index in [2.05, 4.69) is 14.9 Å². The average Bonchev–Trinajstić information content (AvgIpc) is 2.68. The third-order valence-corrected chi connectivity index (χ3v) is 5.36. The lowest BCUT2D eigenvalue weighted by Crippen LogP contribution is -2.49. The van der Waals surface area contributed by atoms with Crippen molar-refractivity contribution in [2.45, 2.75) is 25.3 Å². The molecule has 0 unspecified atom stereocenters. The van der Waals surface area contributed by atoms with Crippen molar-refractivity contribution in [1.82, 2.24) is 14.9 Å². The fraction of sp³-hybridized carbons (Fsp3) is 0.350. The molecule has 3 aliphatic heterocycles. The number of benzene rings is 1. The highest BCUT2D eigenvalue weighted by atomic mass is 16.4. The van der Waals surface area contributed by atoms with Crippen LogP contribution in [-0.2, 0) is 4.79 Å². The minimum atomic E-state index is -0.908. The zero-order valence-electron chi connectivity index (χ0n) is 14.0. The van der Waals surface area contributed by atoms with Crippen molar-refractivity contribution in [3.8, 4) is 0 Å². The van der Waals surface area contributed by atoms with Crippen LogP contribution in [0, 0.1) is 5.92 Å². The number of carboxylic acid groups (broad SMARTS) is 1. The number of hydrogen-bond acceptors (Lipinski definition) is 4. The molecule has 5 nitrogen and oxygen atoms in total. The molecule has 5 heteroatoms. The fourth-order valence-electron chi connectivity index (χ4n) is 4.17. The minimum absolute atomic E-state index is 0.0931. The predicted molar refractivity (Wildman–Crippen MR) is 95.6 cm³/mol. The molecule has 0 aliphatic carbocycles. The molecule has 2 aromatic rings. The maximum atomic E-state index is 12.2. The summed E-state index contributed by atoms with van der Waals surface area (Å²) in [7, 11) is 0. The van der Waals surface area contributed by atoms with E-state index in [0.717, 1.165) is 30.6 Å². The topological polar surface area (TPSA) is 66.3 Å². The quantitative estimate of drug-likeness (QED) is 0.870. The van der Waals surface area contributed by atoms with Gasteiger partial charge in [0.05, 0.1) is 17.5 Å². The van der Waals surface area contributed by atoms with Gasteiger partial charge in [-0.25, -0.2) is 4.79 Å². The second kappa shape index (κ2) is 6.76. The third kappa shape index (κ3) is 3.07. The van der Waals surface area contributed by atoms with Gasteiger partial charge in [-0.15, -0.1) is 0 Å². The van der Waals surface area contributed by atoms with Crippen LogP contribution < -0.4 is 0 Å². The molecule has 25 heavy (non-hydrogen) atoms. The van der Waals surface area contributed by atoms with Crippen molar-refractivity contribution in [2.24, 2.45) is 5.92 Å². The second-order valence-corrected chi connectivity index (χ2v) is 6.78. The molecule has 3 saturated heterocycles. The van der Waals surface area contributed by atoms with Gasteiger partial charge in [-0.05, 0) is 43.8 Å². The Bertz CT molecular complexity index is 781. The van der Waals surface area contributed by atoms with Crippen LogP contribution in [0.5, 0.6) is 0 Å². The summed E-state index contributed by atoms with van der Waals surface area (Å²) in [6, 6.07) is 9.46. The first kappa shape index (κ1) is 16.0. The number of carbonyl (C=O) groups is 1. The summed E-state index contributed by atoms with van der Waals surface area (Å²) < 4.78 is 0. The Hall–Kier alpha value is -2.53. The SMILES string of the molecule is O=C(O)/C(=C(\c1cnccn1)[C@H]1CC2CCN1CC2)c1ccccc1. The lowest BCUT2D eigenvalue weighted by Gasteiger charge is -2.46. The first-order valence-electron chi connectivity index (χ1n) is 8.77. The van der Waals surface area contributed by atoms with Gasteiger partial charge in [-0.2, -0.15) is 0 Å². The van der Waals surface area contributed by atoms with Crippen LogP contribution in [-0.4, -0.2) is 45.1 Å². The van der Waals surface area contributed by atoms with E-state index in [9.17, 15) is 9.90 Å². The maximum Gasteiger partial charge on any atom is 0.336 e. The summed E-state index contributed by atoms with van der Waals surface area (Å²) in [6.07, 6.45) is 8.35. The molecule has 1 atom stereocenters. The standard InChI is InChI=1S/C20H21N3O2/c24-20(25)18(15-4-2-1-3-5-15)19(16-13-21-8-9-22-16)17-12-14-6-10-23(17)11-7-14/h1-5,8-9,13-14,17H,6-7,10-12H2,(H,24,25)/b19-18+/t17-/m1/s1. The number of carboxylic acids is 1. The molecule has 1 aromatic carbocycles. The van der Waals surface area contributed by atoms with Gasteiger partial charge in [0.25, 0.3) is 0 Å². The Balaban J connectivity index is 1.91. The molecule has 5 rings (SSSR count). The molecular weight excluding hydrogens is 314 g/mol. The van der Waals surface area contributed by atoms with Gasteiger partial charge >= 0.3 is 5.97 Å². The molecular formula is C20H21N3O2. The van der Waals surface area contributed by atoms with Crippen LogP contribution in [0.25, 0.3) is 11.1 Å². The highest BCUT2D eigenvalue weighted by Crippen LogP contribution is 2.40. The van der Waals surface area contributed by atoms with Crippen molar-refractivity contribution in [1.29, 1.82) is 0 Å². The summed E-state index contributed by atoms with van der Waals surface area (Å²) in [5.74, 6) is -0.234. The highest BCUT2D eigenvalue weighted by molar-refractivity contribution is 6.24. The Morgan fingerprint density at radius 3 is 2.44 bits per heavy atom. The molecule has 3 aliphatic rings. The van der Waals surface area contributed by atoms with Crippen molar-refractivity contribution in [2.75, 3.05) is 13.1 Å². The molecule has 1 aromatic heterocycles. The van der Waals surface area contributed by atoms with E-state index in [4.69, 9.17) is 0 Å². The van der Waals surface area contributed by atoms with E-state index in [1.807, 2.05) is 30.3 Å². The summed E-state index contributed by atoms with van der Waals surface area (Å²) in [5, 5.41) is 10.0. The van der Waals surface area contributed by atoms with Crippen molar-refractivity contribution in [3.05, 3.63) is 60.2 Å². The van der Waals surface area contributed by atoms with Crippen LogP contribution in [0.3, 0.4) is 0 Å². The van der Waals surface area contributed by atoms with Gasteiger partial charge in [0, 0.05) is 24.0 Å². The lowest BCUT2D eigenvalue weighted by molar-refractivity contribution is -0.130. The van der Waals surface area contributed by atoms with E-state index < -0.39 is 5.97 Å². The van der Waals surface area contributed by atoms with Gasteiger partial charge in [0.2, 0.25) is 0 Å². The molecule has 0 spiro atoms. The van der Waals surface area contributed by atoms with Gasteiger partial charge in [0.15, 0.2) is 0 Å². The Morgan fingerprint density at radius 2 is 1.88 bits per heavy atom. The lowest BCUT2D eigenvalue weighted by atomic mass is 9.78. The predicted octanol–water partition coefficient (Wildman–Crippen LogP) is 2.96. The van der Waals surface area contributed by atoms with Crippen LogP contribution >= 0.6 is 0 Å². The highest BCUT2D eigenvalue weighted by Gasteiger charge is 2.38. The maximum absolute atomic E-state index is 12.2. The summed E-state index contributed by atoms with van der Waals surface area (Å²) in [5.41, 5.74) is 2.54. The summed E-state index contributed by atoms with van der Waals surface area (Å²) in [6.45, 7) is 2.06. The number of fused-ring (bicyclic) bond motifs is 3. The van der Waals surface area contributed by atoms with Crippen molar-refractivity contribution < 1.29 is 9.90 Å². The van der Waals surface area contributed by atoms with Crippen LogP contribution in [0.1, 0.15) is 30.5 Å². The number of rotatable bonds is 4. The largest absolute Gasteiger partial charge is 0.478 e. The zero-order valence-corrected chi connectivity index (χ0v) is 14.0. The van der Waals surface area contributed by atoms with E-state index >= 15 is 0 Å². The molecule has 0 saturated carbocycles. The Kier molecular flexibility index (Phi) is 4.32. The molecule has 2 bridgehead atoms. The molecule has 3 fully saturated rings. The molecule has 4 heterocycles. The number of aromatic nitrogens is 2. The van der Waals surface area contributed by atoms with Gasteiger partial charge in [-0.3, -0.25) is 14.9 Å². The minimum Gasteiger partial charge on any atom is -0.478 e. The first-order chi connectivity index (χ1) is 12.2. The molecule has 0 amide bonds. The summed E-state index contributed by atoms with van der Waals surface area (Å²) in [4.78, 5) is 23.3. The third-order valence-electron chi connectivity index (χ3n) is 5.36. The first-order valence-corrected chi connectivity index (χ1v) is 8.77. The monoisotopic (exact) mass is 335 g/mol. The normalized spacial score (nSPS) is 26.2. The smallest absolute Gasteiger partial charge is 0.336 e. The van der Waals surface area contributed by atoms with E-state index in [0.29, 0.717) is 17.2 Å². The van der Waals surface area contributed by atoms with Crippen LogP contribution in [0.15, 0.2) is 48.9 Å². The molecule has 1 N–H and O–H groups in total. The van der Waals surface area contributed by atoms with E-state index in [1.165, 1.54) is 12.8 Å². The van der Waals surface area contributed by atoms with Gasteiger partial charge in [-0.1, -0.05) is 30.3 Å². The van der Waals surface area contributed by atoms with Crippen molar-refractivity contribution >= 4 is 17.1 Å². The molecule has 128 valence electrons. The number of nitrogens with zero attached hydrogens (tertiary/aromatic N) is 3. The van der Waals surface area contributed by atoms with E-state index in [-0.39, 0.29) is 6.04 Å². The van der Waals surface area contributed by atoms with Crippen molar-refractivity contribution in [3.63, 3.8) is 0 Å². The van der Waals surface area contributed by atoms with Gasteiger partial charge in [0.1, 0.15) is 0 Å². The Labute approximate surface area is 147 Å². The number of hydrogen-bond donors (Lipinski definition) is 1. The number of aliphatic carboxylic acids is 1. The molecule has 0 radical (unpaired) electrons. The van der Waals surface area contributed by atoms with Crippen LogP contribution in [0.2, 0.25) is 0 Å². The zero-order chi connectivity index (χ0) is 17.2. The van der Waals surface area contributed by atoms with Gasteiger partial charge < -0.3 is 5.11 Å². The fourth-order valence-corrected chi connectivity index (χ4v) is 4.17.